The van der Waals surface area contributed by atoms with E-state index in [1.54, 1.807) is 0 Å². The number of allylic oxidation sites excluding steroid dienone is 3. The van der Waals surface area contributed by atoms with Gasteiger partial charge in [0.15, 0.2) is 0 Å². The zero-order valence-electron chi connectivity index (χ0n) is 10.2. The van der Waals surface area contributed by atoms with Crippen LogP contribution < -0.4 is 5.73 Å². The Bertz CT molecular complexity index is 233. The highest BCUT2D eigenvalue weighted by molar-refractivity contribution is 5.09. The average molecular weight is 208 g/mol. The van der Waals surface area contributed by atoms with Gasteiger partial charge in [-0.1, -0.05) is 20.8 Å². The van der Waals surface area contributed by atoms with E-state index in [0.29, 0.717) is 0 Å². The van der Waals surface area contributed by atoms with Crippen molar-refractivity contribution in [1.29, 1.82) is 0 Å². The summed E-state index contributed by atoms with van der Waals surface area (Å²) >= 11 is 0. The van der Waals surface area contributed by atoms with Crippen LogP contribution >= 0.6 is 0 Å². The Balaban J connectivity index is 2.44. The van der Waals surface area contributed by atoms with Gasteiger partial charge in [-0.05, 0) is 43.0 Å². The molecule has 0 bridgehead atoms. The Morgan fingerprint density at radius 2 is 1.93 bits per heavy atom. The summed E-state index contributed by atoms with van der Waals surface area (Å²) in [5, 5.41) is 0. The summed E-state index contributed by atoms with van der Waals surface area (Å²) in [6.07, 6.45) is 8.54. The van der Waals surface area contributed by atoms with Crippen LogP contribution in [0, 0.1) is 11.8 Å². The quantitative estimate of drug-likeness (QED) is 0.723. The minimum atomic E-state index is 0.811. The number of piperidine rings is 1. The molecule has 2 atom stereocenters. The second-order valence-corrected chi connectivity index (χ2v) is 4.84. The average Bonchev–Trinajstić information content (AvgIpc) is 2.16. The van der Waals surface area contributed by atoms with Crippen LogP contribution in [0.25, 0.3) is 0 Å². The lowest BCUT2D eigenvalue weighted by atomic mass is 9.92. The Morgan fingerprint density at radius 1 is 1.33 bits per heavy atom. The molecule has 1 fully saturated rings. The molecule has 1 heterocycles. The number of likely N-dealkylation sites (tertiary alicyclic amines) is 1. The molecule has 0 aromatic rings. The van der Waals surface area contributed by atoms with E-state index in [1.165, 1.54) is 19.5 Å². The van der Waals surface area contributed by atoms with Gasteiger partial charge in [0.05, 0.1) is 0 Å². The van der Waals surface area contributed by atoms with Crippen LogP contribution in [0.3, 0.4) is 0 Å². The van der Waals surface area contributed by atoms with E-state index in [2.05, 4.69) is 37.9 Å². The third-order valence-corrected chi connectivity index (χ3v) is 2.91. The molecule has 0 saturated carbocycles. The first-order valence-corrected chi connectivity index (χ1v) is 5.98. The van der Waals surface area contributed by atoms with Crippen molar-refractivity contribution in [2.45, 2.75) is 33.6 Å². The van der Waals surface area contributed by atoms with Crippen LogP contribution in [0.1, 0.15) is 33.6 Å². The molecular formula is C13H24N2. The molecule has 0 aliphatic carbocycles. The van der Waals surface area contributed by atoms with Gasteiger partial charge in [-0.2, -0.15) is 0 Å². The maximum Gasteiger partial charge on any atom is 0.0198 e. The Morgan fingerprint density at radius 3 is 2.47 bits per heavy atom. The highest BCUT2D eigenvalue weighted by Crippen LogP contribution is 2.20. The molecule has 1 unspecified atom stereocenters. The van der Waals surface area contributed by atoms with Crippen LogP contribution in [0.2, 0.25) is 0 Å². The molecule has 0 spiro atoms. The van der Waals surface area contributed by atoms with Gasteiger partial charge in [0.25, 0.3) is 0 Å². The minimum Gasteiger partial charge on any atom is -0.402 e. The molecule has 1 aliphatic heterocycles. The number of hydrogen-bond acceptors (Lipinski definition) is 2. The molecule has 0 aromatic heterocycles. The molecule has 15 heavy (non-hydrogen) atoms. The molecule has 1 aliphatic rings. The number of nitrogens with two attached hydrogens (primary N) is 1. The van der Waals surface area contributed by atoms with Gasteiger partial charge in [0.2, 0.25) is 0 Å². The van der Waals surface area contributed by atoms with E-state index < -0.39 is 0 Å². The summed E-state index contributed by atoms with van der Waals surface area (Å²) in [4.78, 5) is 2.40. The Labute approximate surface area is 93.8 Å². The molecule has 1 rings (SSSR count). The molecule has 2 nitrogen and oxygen atoms in total. The van der Waals surface area contributed by atoms with E-state index in [0.717, 1.165) is 24.0 Å². The second kappa shape index (κ2) is 5.84. The molecular weight excluding hydrogens is 184 g/mol. The third-order valence-electron chi connectivity index (χ3n) is 2.91. The normalized spacial score (nSPS) is 28.7. The highest BCUT2D eigenvalue weighted by atomic mass is 15.1. The number of nitrogens with zero attached hydrogens (tertiary/aromatic N) is 1. The van der Waals surface area contributed by atoms with Crippen LogP contribution in [-0.2, 0) is 0 Å². The Hall–Kier alpha value is -0.920. The molecule has 0 radical (unpaired) electrons. The zero-order chi connectivity index (χ0) is 11.3. The van der Waals surface area contributed by atoms with Crippen molar-refractivity contribution in [3.63, 3.8) is 0 Å². The molecule has 1 saturated heterocycles. The van der Waals surface area contributed by atoms with Gasteiger partial charge >= 0.3 is 0 Å². The van der Waals surface area contributed by atoms with E-state index in [-0.39, 0.29) is 0 Å². The van der Waals surface area contributed by atoms with Crippen molar-refractivity contribution >= 4 is 0 Å². The summed E-state index contributed by atoms with van der Waals surface area (Å²) in [6, 6.07) is 0. The summed E-state index contributed by atoms with van der Waals surface area (Å²) in [5.41, 5.74) is 6.68. The van der Waals surface area contributed by atoms with Crippen molar-refractivity contribution in [2.75, 3.05) is 13.1 Å². The van der Waals surface area contributed by atoms with E-state index >= 15 is 0 Å². The molecule has 86 valence electrons. The number of hydrogen-bond donors (Lipinski definition) is 1. The fraction of sp³-hybridized carbons (Fsp3) is 0.692. The standard InChI is InChI=1S/C13H24N2/c1-4-13(14)6-5-7-15-9-11(2)8-12(3)10-15/h5-7,11-12H,4,8-10,14H2,1-3H3/b7-5+,13-6+/t11-,12?/m1/s1. The highest BCUT2D eigenvalue weighted by Gasteiger charge is 2.18. The minimum absolute atomic E-state index is 0.811. The topological polar surface area (TPSA) is 29.3 Å². The summed E-state index contributed by atoms with van der Waals surface area (Å²) < 4.78 is 0. The lowest BCUT2D eigenvalue weighted by Crippen LogP contribution is -2.34. The third kappa shape index (κ3) is 4.41. The van der Waals surface area contributed by atoms with Crippen molar-refractivity contribution in [3.05, 3.63) is 24.0 Å². The van der Waals surface area contributed by atoms with E-state index in [1.807, 2.05) is 6.08 Å². The predicted molar refractivity (Wildman–Crippen MR) is 66.2 cm³/mol. The first kappa shape index (κ1) is 12.2. The predicted octanol–water partition coefficient (Wildman–Crippen LogP) is 2.73. The van der Waals surface area contributed by atoms with Gasteiger partial charge < -0.3 is 10.6 Å². The monoisotopic (exact) mass is 208 g/mol. The lowest BCUT2D eigenvalue weighted by molar-refractivity contribution is 0.192. The van der Waals surface area contributed by atoms with Crippen LogP contribution in [-0.4, -0.2) is 18.0 Å². The molecule has 2 heteroatoms. The van der Waals surface area contributed by atoms with Crippen LogP contribution in [0.5, 0.6) is 0 Å². The van der Waals surface area contributed by atoms with Crippen molar-refractivity contribution in [1.82, 2.24) is 4.90 Å². The fourth-order valence-electron chi connectivity index (χ4n) is 2.24. The van der Waals surface area contributed by atoms with Crippen LogP contribution in [0.15, 0.2) is 24.0 Å². The zero-order valence-corrected chi connectivity index (χ0v) is 10.2. The lowest BCUT2D eigenvalue weighted by Gasteiger charge is -2.34. The maximum atomic E-state index is 5.73. The fourth-order valence-corrected chi connectivity index (χ4v) is 2.24. The van der Waals surface area contributed by atoms with Crippen molar-refractivity contribution < 1.29 is 0 Å². The van der Waals surface area contributed by atoms with Crippen LogP contribution in [0.4, 0.5) is 0 Å². The van der Waals surface area contributed by atoms with Crippen molar-refractivity contribution in [3.8, 4) is 0 Å². The van der Waals surface area contributed by atoms with Gasteiger partial charge in [-0.25, -0.2) is 0 Å². The van der Waals surface area contributed by atoms with Gasteiger partial charge in [0, 0.05) is 18.8 Å². The first-order chi connectivity index (χ1) is 7.11. The Kier molecular flexibility index (Phi) is 4.73. The van der Waals surface area contributed by atoms with Crippen molar-refractivity contribution in [2.24, 2.45) is 17.6 Å². The largest absolute Gasteiger partial charge is 0.402 e. The van der Waals surface area contributed by atoms with Gasteiger partial charge in [-0.3, -0.25) is 0 Å². The van der Waals surface area contributed by atoms with E-state index in [4.69, 9.17) is 5.73 Å². The summed E-state index contributed by atoms with van der Waals surface area (Å²) in [7, 11) is 0. The molecule has 2 N–H and O–H groups in total. The first-order valence-electron chi connectivity index (χ1n) is 5.98. The number of rotatable bonds is 3. The van der Waals surface area contributed by atoms with Gasteiger partial charge in [0.1, 0.15) is 0 Å². The summed E-state index contributed by atoms with van der Waals surface area (Å²) in [5.74, 6) is 1.62. The maximum absolute atomic E-state index is 5.73. The SMILES string of the molecule is CC/C(N)=C\C=C\N1CC(C)C[C@@H](C)C1. The molecule has 0 amide bonds. The summed E-state index contributed by atoms with van der Waals surface area (Å²) in [6.45, 7) is 9.09. The van der Waals surface area contributed by atoms with E-state index in [9.17, 15) is 0 Å². The second-order valence-electron chi connectivity index (χ2n) is 4.84. The molecule has 0 aromatic carbocycles. The van der Waals surface area contributed by atoms with Gasteiger partial charge in [-0.15, -0.1) is 0 Å². The smallest absolute Gasteiger partial charge is 0.0198 e.